The summed E-state index contributed by atoms with van der Waals surface area (Å²) in [4.78, 5) is 8.22. The molecule has 0 bridgehead atoms. The lowest BCUT2D eigenvalue weighted by atomic mass is 9.96. The van der Waals surface area contributed by atoms with E-state index in [-0.39, 0.29) is 0 Å². The normalized spacial score (nSPS) is 19.2. The lowest BCUT2D eigenvalue weighted by molar-refractivity contribution is 0.576. The first kappa shape index (κ1) is 9.91. The van der Waals surface area contributed by atoms with Crippen LogP contribution < -0.4 is 0 Å². The Balaban J connectivity index is 2.12. The number of hydrogen-bond donors (Lipinski definition) is 0. The van der Waals surface area contributed by atoms with Crippen molar-refractivity contribution in [2.24, 2.45) is 0 Å². The molecule has 1 fully saturated rings. The van der Waals surface area contributed by atoms with E-state index in [1.54, 1.807) is 6.33 Å². The van der Waals surface area contributed by atoms with Gasteiger partial charge in [0.05, 0.1) is 0 Å². The average molecular weight is 211 g/mol. The Hall–Kier alpha value is -0.630. The first-order chi connectivity index (χ1) is 6.86. The Kier molecular flexibility index (Phi) is 3.35. The molecule has 0 radical (unpaired) electrons. The van der Waals surface area contributed by atoms with E-state index in [2.05, 4.69) is 9.97 Å². The molecule has 76 valence electrons. The molecule has 14 heavy (non-hydrogen) atoms. The first-order valence-corrected chi connectivity index (χ1v) is 5.71. The van der Waals surface area contributed by atoms with Crippen LogP contribution >= 0.6 is 11.6 Å². The lowest BCUT2D eigenvalue weighted by Gasteiger charge is -2.12. The van der Waals surface area contributed by atoms with E-state index in [1.807, 2.05) is 6.07 Å². The molecule has 3 heteroatoms. The fraction of sp³-hybridized carbons (Fsp3) is 0.636. The van der Waals surface area contributed by atoms with Gasteiger partial charge in [0.2, 0.25) is 0 Å². The topological polar surface area (TPSA) is 25.8 Å². The third-order valence-corrected chi connectivity index (χ3v) is 3.14. The predicted octanol–water partition coefficient (Wildman–Crippen LogP) is 3.57. The van der Waals surface area contributed by atoms with Gasteiger partial charge in [-0.25, -0.2) is 9.97 Å². The Morgan fingerprint density at radius 1 is 1.07 bits per heavy atom. The highest BCUT2D eigenvalue weighted by atomic mass is 35.5. The molecule has 1 aliphatic rings. The molecule has 0 amide bonds. The van der Waals surface area contributed by atoms with Gasteiger partial charge in [0, 0.05) is 11.6 Å². The lowest BCUT2D eigenvalue weighted by Crippen LogP contribution is -2.00. The van der Waals surface area contributed by atoms with Crippen LogP contribution in [0, 0.1) is 0 Å². The van der Waals surface area contributed by atoms with Gasteiger partial charge in [-0.2, -0.15) is 0 Å². The molecule has 0 unspecified atom stereocenters. The second-order valence-electron chi connectivity index (χ2n) is 3.95. The number of rotatable bonds is 1. The van der Waals surface area contributed by atoms with Crippen LogP contribution in [0.1, 0.15) is 50.1 Å². The summed E-state index contributed by atoms with van der Waals surface area (Å²) in [5, 5.41) is 0.569. The van der Waals surface area contributed by atoms with Gasteiger partial charge in [-0.05, 0) is 18.9 Å². The van der Waals surface area contributed by atoms with Crippen molar-refractivity contribution in [2.75, 3.05) is 0 Å². The van der Waals surface area contributed by atoms with Gasteiger partial charge in [0.1, 0.15) is 11.5 Å². The standard InChI is InChI=1S/C11H15ClN2/c12-11-7-10(13-8-14-11)9-5-3-1-2-4-6-9/h7-9H,1-6H2. The van der Waals surface area contributed by atoms with E-state index in [0.717, 1.165) is 5.69 Å². The van der Waals surface area contributed by atoms with Crippen LogP contribution in [0.25, 0.3) is 0 Å². The van der Waals surface area contributed by atoms with E-state index >= 15 is 0 Å². The first-order valence-electron chi connectivity index (χ1n) is 5.34. The van der Waals surface area contributed by atoms with Gasteiger partial charge < -0.3 is 0 Å². The van der Waals surface area contributed by atoms with Crippen LogP contribution in [0.15, 0.2) is 12.4 Å². The molecule has 0 aromatic carbocycles. The summed E-state index contributed by atoms with van der Waals surface area (Å²) >= 11 is 5.85. The summed E-state index contributed by atoms with van der Waals surface area (Å²) in [7, 11) is 0. The van der Waals surface area contributed by atoms with Crippen LogP contribution in [0.5, 0.6) is 0 Å². The van der Waals surface area contributed by atoms with E-state index in [4.69, 9.17) is 11.6 Å². The van der Waals surface area contributed by atoms with Crippen molar-refractivity contribution in [3.05, 3.63) is 23.2 Å². The van der Waals surface area contributed by atoms with Crippen molar-refractivity contribution < 1.29 is 0 Å². The summed E-state index contributed by atoms with van der Waals surface area (Å²) < 4.78 is 0. The highest BCUT2D eigenvalue weighted by molar-refractivity contribution is 6.29. The molecule has 1 heterocycles. The molecule has 1 aromatic rings. The highest BCUT2D eigenvalue weighted by Crippen LogP contribution is 2.30. The third-order valence-electron chi connectivity index (χ3n) is 2.93. The molecule has 1 saturated carbocycles. The summed E-state index contributed by atoms with van der Waals surface area (Å²) in [5.74, 6) is 0.609. The maximum Gasteiger partial charge on any atom is 0.132 e. The minimum Gasteiger partial charge on any atom is -0.241 e. The molecule has 0 N–H and O–H groups in total. The Bertz CT molecular complexity index is 293. The molecule has 0 spiro atoms. The fourth-order valence-corrected chi connectivity index (χ4v) is 2.30. The van der Waals surface area contributed by atoms with Gasteiger partial charge >= 0.3 is 0 Å². The minimum absolute atomic E-state index is 0.569. The molecule has 1 aliphatic carbocycles. The summed E-state index contributed by atoms with van der Waals surface area (Å²) in [6.07, 6.45) is 9.48. The molecule has 2 nitrogen and oxygen atoms in total. The molecule has 2 rings (SSSR count). The van der Waals surface area contributed by atoms with Gasteiger partial charge in [0.25, 0.3) is 0 Å². The van der Waals surface area contributed by atoms with Gasteiger partial charge in [-0.15, -0.1) is 0 Å². The zero-order valence-corrected chi connectivity index (χ0v) is 9.00. The summed E-state index contributed by atoms with van der Waals surface area (Å²) in [5.41, 5.74) is 1.13. The van der Waals surface area contributed by atoms with Crippen LogP contribution in [0.2, 0.25) is 5.15 Å². The smallest absolute Gasteiger partial charge is 0.132 e. The van der Waals surface area contributed by atoms with Crippen molar-refractivity contribution >= 4 is 11.6 Å². The molecular weight excluding hydrogens is 196 g/mol. The van der Waals surface area contributed by atoms with Crippen LogP contribution in [0.3, 0.4) is 0 Å². The van der Waals surface area contributed by atoms with E-state index < -0.39 is 0 Å². The summed E-state index contributed by atoms with van der Waals surface area (Å²) in [6.45, 7) is 0. The largest absolute Gasteiger partial charge is 0.241 e. The number of nitrogens with zero attached hydrogens (tertiary/aromatic N) is 2. The Morgan fingerprint density at radius 2 is 1.79 bits per heavy atom. The zero-order chi connectivity index (χ0) is 9.80. The van der Waals surface area contributed by atoms with Gasteiger partial charge in [-0.3, -0.25) is 0 Å². The van der Waals surface area contributed by atoms with Crippen molar-refractivity contribution in [1.82, 2.24) is 9.97 Å². The van der Waals surface area contributed by atoms with Crippen LogP contribution in [-0.2, 0) is 0 Å². The van der Waals surface area contributed by atoms with Crippen LogP contribution in [-0.4, -0.2) is 9.97 Å². The van der Waals surface area contributed by atoms with Crippen LogP contribution in [0.4, 0.5) is 0 Å². The number of aromatic nitrogens is 2. The fourth-order valence-electron chi connectivity index (χ4n) is 2.15. The van der Waals surface area contributed by atoms with Crippen molar-refractivity contribution in [1.29, 1.82) is 0 Å². The van der Waals surface area contributed by atoms with Crippen molar-refractivity contribution in [3.8, 4) is 0 Å². The monoisotopic (exact) mass is 210 g/mol. The van der Waals surface area contributed by atoms with Gasteiger partial charge in [0.15, 0.2) is 0 Å². The SMILES string of the molecule is Clc1cc(C2CCCCCC2)ncn1. The number of halogens is 1. The molecule has 0 aliphatic heterocycles. The quantitative estimate of drug-likeness (QED) is 0.523. The molecule has 1 aromatic heterocycles. The van der Waals surface area contributed by atoms with Crippen molar-refractivity contribution in [2.45, 2.75) is 44.4 Å². The second-order valence-corrected chi connectivity index (χ2v) is 4.34. The third kappa shape index (κ3) is 2.44. The molecular formula is C11H15ClN2. The van der Waals surface area contributed by atoms with E-state index in [9.17, 15) is 0 Å². The number of hydrogen-bond acceptors (Lipinski definition) is 2. The second kappa shape index (κ2) is 4.74. The Labute approximate surface area is 89.7 Å². The minimum atomic E-state index is 0.569. The highest BCUT2D eigenvalue weighted by Gasteiger charge is 2.15. The molecule has 0 saturated heterocycles. The maximum absolute atomic E-state index is 5.85. The maximum atomic E-state index is 5.85. The Morgan fingerprint density at radius 3 is 2.43 bits per heavy atom. The molecule has 0 atom stereocenters. The average Bonchev–Trinajstić information content (AvgIpc) is 2.45. The summed E-state index contributed by atoms with van der Waals surface area (Å²) in [6, 6.07) is 1.91. The van der Waals surface area contributed by atoms with E-state index in [1.165, 1.54) is 38.5 Å². The zero-order valence-electron chi connectivity index (χ0n) is 8.25. The predicted molar refractivity (Wildman–Crippen MR) is 57.5 cm³/mol. The van der Waals surface area contributed by atoms with Gasteiger partial charge in [-0.1, -0.05) is 37.3 Å². The van der Waals surface area contributed by atoms with E-state index in [0.29, 0.717) is 11.1 Å². The van der Waals surface area contributed by atoms with Crippen molar-refractivity contribution in [3.63, 3.8) is 0 Å².